The van der Waals surface area contributed by atoms with E-state index in [1.807, 2.05) is 34.6 Å². The predicted molar refractivity (Wildman–Crippen MR) is 87.8 cm³/mol. The fraction of sp³-hybridized carbons (Fsp3) is 0.688. The van der Waals surface area contributed by atoms with Crippen LogP contribution in [0.15, 0.2) is 12.4 Å². The summed E-state index contributed by atoms with van der Waals surface area (Å²) in [5.41, 5.74) is -0.481. The first-order valence-corrected chi connectivity index (χ1v) is 7.99. The molecule has 23 heavy (non-hydrogen) atoms. The Hall–Kier alpha value is -2.05. The van der Waals surface area contributed by atoms with Crippen molar-refractivity contribution >= 4 is 11.9 Å². The van der Waals surface area contributed by atoms with Crippen LogP contribution in [0.3, 0.4) is 0 Å². The van der Waals surface area contributed by atoms with E-state index in [9.17, 15) is 4.79 Å². The number of anilines is 1. The van der Waals surface area contributed by atoms with Crippen molar-refractivity contribution in [1.82, 2.24) is 14.9 Å². The van der Waals surface area contributed by atoms with E-state index >= 15 is 0 Å². The van der Waals surface area contributed by atoms with Gasteiger partial charge >= 0.3 is 6.09 Å². The molecule has 1 aromatic heterocycles. The van der Waals surface area contributed by atoms with E-state index in [0.29, 0.717) is 32.1 Å². The molecular formula is C16H26N4O3. The lowest BCUT2D eigenvalue weighted by Gasteiger charge is -2.40. The summed E-state index contributed by atoms with van der Waals surface area (Å²) in [6.07, 6.45) is 3.06. The minimum Gasteiger partial charge on any atom is -0.477 e. The molecule has 0 unspecified atom stereocenters. The number of ether oxygens (including phenoxy) is 2. The average molecular weight is 322 g/mol. The fourth-order valence-corrected chi connectivity index (χ4v) is 2.47. The molecule has 0 saturated carbocycles. The lowest BCUT2D eigenvalue weighted by Crippen LogP contribution is -2.55. The Labute approximate surface area is 137 Å². The van der Waals surface area contributed by atoms with Gasteiger partial charge in [-0.05, 0) is 34.6 Å². The van der Waals surface area contributed by atoms with E-state index in [1.54, 1.807) is 17.3 Å². The van der Waals surface area contributed by atoms with Gasteiger partial charge in [-0.3, -0.25) is 4.98 Å². The van der Waals surface area contributed by atoms with Gasteiger partial charge in [0.2, 0.25) is 5.88 Å². The third-order valence-electron chi connectivity index (χ3n) is 3.47. The maximum absolute atomic E-state index is 12.2. The van der Waals surface area contributed by atoms with Gasteiger partial charge in [-0.25, -0.2) is 4.79 Å². The molecular weight excluding hydrogens is 296 g/mol. The SMILES string of the molecule is CCOc1cncc(N2CCN(C(=O)OC(C)(C)C)[C@H](C)C2)n1. The number of amides is 1. The van der Waals surface area contributed by atoms with Crippen LogP contribution in [0.2, 0.25) is 0 Å². The van der Waals surface area contributed by atoms with E-state index in [-0.39, 0.29) is 12.1 Å². The average Bonchev–Trinajstić information content (AvgIpc) is 2.46. The van der Waals surface area contributed by atoms with E-state index in [0.717, 1.165) is 5.82 Å². The van der Waals surface area contributed by atoms with Crippen LogP contribution in [0, 0.1) is 0 Å². The molecule has 1 aliphatic heterocycles. The van der Waals surface area contributed by atoms with Gasteiger partial charge in [-0.2, -0.15) is 4.98 Å². The third-order valence-corrected chi connectivity index (χ3v) is 3.47. The van der Waals surface area contributed by atoms with Gasteiger partial charge in [-0.15, -0.1) is 0 Å². The highest BCUT2D eigenvalue weighted by molar-refractivity contribution is 5.69. The monoisotopic (exact) mass is 322 g/mol. The second kappa shape index (κ2) is 7.02. The number of carbonyl (C=O) groups is 1. The second-order valence-electron chi connectivity index (χ2n) is 6.62. The Morgan fingerprint density at radius 1 is 1.35 bits per heavy atom. The standard InChI is InChI=1S/C16H26N4O3/c1-6-22-14-10-17-9-13(18-14)19-7-8-20(12(2)11-19)15(21)23-16(3,4)5/h9-10,12H,6-8,11H2,1-5H3/t12-/m1/s1. The van der Waals surface area contributed by atoms with Crippen molar-refractivity contribution in [2.45, 2.75) is 46.3 Å². The largest absolute Gasteiger partial charge is 0.477 e. The number of hydrogen-bond acceptors (Lipinski definition) is 6. The number of hydrogen-bond donors (Lipinski definition) is 0. The zero-order valence-electron chi connectivity index (χ0n) is 14.6. The van der Waals surface area contributed by atoms with Crippen molar-refractivity contribution in [3.8, 4) is 5.88 Å². The topological polar surface area (TPSA) is 67.8 Å². The van der Waals surface area contributed by atoms with Gasteiger partial charge in [0.1, 0.15) is 5.60 Å². The quantitative estimate of drug-likeness (QED) is 0.851. The number of carbonyl (C=O) groups excluding carboxylic acids is 1. The smallest absolute Gasteiger partial charge is 0.410 e. The summed E-state index contributed by atoms with van der Waals surface area (Å²) in [7, 11) is 0. The molecule has 1 saturated heterocycles. The highest BCUT2D eigenvalue weighted by Gasteiger charge is 2.31. The molecule has 1 amide bonds. The molecule has 2 heterocycles. The second-order valence-corrected chi connectivity index (χ2v) is 6.62. The van der Waals surface area contributed by atoms with Crippen LogP contribution in [-0.2, 0) is 4.74 Å². The van der Waals surface area contributed by atoms with Crippen LogP contribution >= 0.6 is 0 Å². The molecule has 1 fully saturated rings. The number of aromatic nitrogens is 2. The summed E-state index contributed by atoms with van der Waals surface area (Å²) >= 11 is 0. The first kappa shape index (κ1) is 17.3. The molecule has 0 aromatic carbocycles. The van der Waals surface area contributed by atoms with Crippen molar-refractivity contribution in [2.75, 3.05) is 31.1 Å². The minimum atomic E-state index is -0.481. The molecule has 128 valence electrons. The zero-order chi connectivity index (χ0) is 17.0. The molecule has 1 aliphatic rings. The first-order chi connectivity index (χ1) is 10.8. The van der Waals surface area contributed by atoms with E-state index < -0.39 is 5.60 Å². The molecule has 0 aliphatic carbocycles. The molecule has 0 bridgehead atoms. The van der Waals surface area contributed by atoms with Crippen LogP contribution in [0.25, 0.3) is 0 Å². The number of rotatable bonds is 3. The Morgan fingerprint density at radius 2 is 2.09 bits per heavy atom. The van der Waals surface area contributed by atoms with E-state index in [2.05, 4.69) is 14.9 Å². The highest BCUT2D eigenvalue weighted by Crippen LogP contribution is 2.20. The van der Waals surface area contributed by atoms with Gasteiger partial charge in [0.15, 0.2) is 5.82 Å². The summed E-state index contributed by atoms with van der Waals surface area (Å²) in [6, 6.07) is 0.0381. The number of nitrogens with zero attached hydrogens (tertiary/aromatic N) is 4. The van der Waals surface area contributed by atoms with Crippen LogP contribution in [0.4, 0.5) is 10.6 Å². The molecule has 0 radical (unpaired) electrons. The molecule has 1 aromatic rings. The van der Waals surface area contributed by atoms with Crippen LogP contribution in [0.1, 0.15) is 34.6 Å². The maximum Gasteiger partial charge on any atom is 0.410 e. The minimum absolute atomic E-state index is 0.0381. The summed E-state index contributed by atoms with van der Waals surface area (Å²) in [5, 5.41) is 0. The molecule has 1 atom stereocenters. The molecule has 7 heteroatoms. The predicted octanol–water partition coefficient (Wildman–Crippen LogP) is 2.32. The zero-order valence-corrected chi connectivity index (χ0v) is 14.6. The first-order valence-electron chi connectivity index (χ1n) is 7.99. The van der Waals surface area contributed by atoms with Gasteiger partial charge in [-0.1, -0.05) is 0 Å². The summed E-state index contributed by atoms with van der Waals surface area (Å²) < 4.78 is 10.9. The number of piperazine rings is 1. The third kappa shape index (κ3) is 4.71. The van der Waals surface area contributed by atoms with E-state index in [1.165, 1.54) is 0 Å². The Morgan fingerprint density at radius 3 is 2.70 bits per heavy atom. The highest BCUT2D eigenvalue weighted by atomic mass is 16.6. The van der Waals surface area contributed by atoms with E-state index in [4.69, 9.17) is 9.47 Å². The van der Waals surface area contributed by atoms with Crippen LogP contribution < -0.4 is 9.64 Å². The summed E-state index contributed by atoms with van der Waals surface area (Å²) in [5.74, 6) is 1.29. The van der Waals surface area contributed by atoms with Crippen molar-refractivity contribution in [3.63, 3.8) is 0 Å². The van der Waals surface area contributed by atoms with Gasteiger partial charge in [0.25, 0.3) is 0 Å². The molecule has 7 nitrogen and oxygen atoms in total. The maximum atomic E-state index is 12.2. The Balaban J connectivity index is 2.01. The lowest BCUT2D eigenvalue weighted by molar-refractivity contribution is 0.0158. The van der Waals surface area contributed by atoms with Crippen molar-refractivity contribution in [2.24, 2.45) is 0 Å². The lowest BCUT2D eigenvalue weighted by atomic mass is 10.2. The normalized spacial score (nSPS) is 18.7. The van der Waals surface area contributed by atoms with Gasteiger partial charge in [0.05, 0.1) is 19.0 Å². The molecule has 0 spiro atoms. The van der Waals surface area contributed by atoms with Gasteiger partial charge < -0.3 is 19.3 Å². The Kier molecular flexibility index (Phi) is 5.28. The van der Waals surface area contributed by atoms with Crippen molar-refractivity contribution in [3.05, 3.63) is 12.4 Å². The summed E-state index contributed by atoms with van der Waals surface area (Å²) in [6.45, 7) is 12.1. The molecule has 2 rings (SSSR count). The fourth-order valence-electron chi connectivity index (χ4n) is 2.47. The van der Waals surface area contributed by atoms with Crippen molar-refractivity contribution < 1.29 is 14.3 Å². The molecule has 0 N–H and O–H groups in total. The Bertz CT molecular complexity index is 544. The summed E-state index contributed by atoms with van der Waals surface area (Å²) in [4.78, 5) is 24.7. The van der Waals surface area contributed by atoms with Gasteiger partial charge in [0, 0.05) is 25.7 Å². The van der Waals surface area contributed by atoms with Crippen LogP contribution in [0.5, 0.6) is 5.88 Å². The van der Waals surface area contributed by atoms with Crippen LogP contribution in [-0.4, -0.2) is 58.8 Å². The van der Waals surface area contributed by atoms with Crippen molar-refractivity contribution in [1.29, 1.82) is 0 Å².